The summed E-state index contributed by atoms with van der Waals surface area (Å²) in [6.07, 6.45) is 7.70. The lowest BCUT2D eigenvalue weighted by Crippen LogP contribution is -2.58. The molecule has 2 heteroatoms. The lowest BCUT2D eigenvalue weighted by atomic mass is 9.57. The van der Waals surface area contributed by atoms with Gasteiger partial charge in [0, 0.05) is 6.42 Å². The highest BCUT2D eigenvalue weighted by atomic mass is 16.5. The second kappa shape index (κ2) is 4.14. The summed E-state index contributed by atoms with van der Waals surface area (Å²) < 4.78 is 6.17. The molecule has 0 saturated heterocycles. The van der Waals surface area contributed by atoms with Crippen molar-refractivity contribution in [2.75, 3.05) is 0 Å². The standard InChI is InChI=1S/C14H24O2/c1-4-13(2,3)16-12-10-11(15)14(12)8-6-5-7-9-14/h12H,4-10H2,1-3H3. The molecule has 2 rings (SSSR count). The molecule has 0 aromatic rings. The molecule has 0 aromatic heterocycles. The molecule has 0 bridgehead atoms. The van der Waals surface area contributed by atoms with Crippen molar-refractivity contribution in [2.24, 2.45) is 5.41 Å². The Labute approximate surface area is 98.7 Å². The first-order chi connectivity index (χ1) is 7.50. The average Bonchev–Trinajstić information content (AvgIpc) is 2.30. The van der Waals surface area contributed by atoms with Gasteiger partial charge in [-0.25, -0.2) is 0 Å². The molecule has 0 heterocycles. The highest BCUT2D eigenvalue weighted by Crippen LogP contribution is 2.51. The largest absolute Gasteiger partial charge is 0.371 e. The summed E-state index contributed by atoms with van der Waals surface area (Å²) in [7, 11) is 0. The van der Waals surface area contributed by atoms with Crippen molar-refractivity contribution in [3.63, 3.8) is 0 Å². The maximum atomic E-state index is 11.9. The van der Waals surface area contributed by atoms with Gasteiger partial charge in [0.25, 0.3) is 0 Å². The first kappa shape index (κ1) is 12.1. The monoisotopic (exact) mass is 224 g/mol. The Morgan fingerprint density at radius 3 is 2.44 bits per heavy atom. The third kappa shape index (κ3) is 1.92. The van der Waals surface area contributed by atoms with Crippen LogP contribution in [0.25, 0.3) is 0 Å². The van der Waals surface area contributed by atoms with Crippen molar-refractivity contribution >= 4 is 5.78 Å². The molecule has 0 aliphatic heterocycles. The first-order valence-corrected chi connectivity index (χ1v) is 6.71. The fraction of sp³-hybridized carbons (Fsp3) is 0.929. The van der Waals surface area contributed by atoms with Crippen LogP contribution in [0, 0.1) is 5.41 Å². The van der Waals surface area contributed by atoms with Gasteiger partial charge in [0.05, 0.1) is 17.1 Å². The Balaban J connectivity index is 2.03. The summed E-state index contributed by atoms with van der Waals surface area (Å²) in [6.45, 7) is 6.41. The van der Waals surface area contributed by atoms with Gasteiger partial charge in [-0.3, -0.25) is 4.79 Å². The molecule has 2 aliphatic carbocycles. The first-order valence-electron chi connectivity index (χ1n) is 6.71. The van der Waals surface area contributed by atoms with Crippen LogP contribution in [-0.4, -0.2) is 17.5 Å². The number of carbonyl (C=O) groups is 1. The zero-order valence-corrected chi connectivity index (χ0v) is 10.8. The Kier molecular flexibility index (Phi) is 3.13. The van der Waals surface area contributed by atoms with E-state index >= 15 is 0 Å². The molecule has 0 N–H and O–H groups in total. The van der Waals surface area contributed by atoms with Crippen LogP contribution in [0.2, 0.25) is 0 Å². The van der Waals surface area contributed by atoms with E-state index in [-0.39, 0.29) is 17.1 Å². The number of ether oxygens (including phenoxy) is 1. The Morgan fingerprint density at radius 1 is 1.31 bits per heavy atom. The molecule has 0 amide bonds. The molecular formula is C14H24O2. The summed E-state index contributed by atoms with van der Waals surface area (Å²) in [5, 5.41) is 0. The molecule has 0 aromatic carbocycles. The van der Waals surface area contributed by atoms with Gasteiger partial charge in [0.15, 0.2) is 0 Å². The van der Waals surface area contributed by atoms with E-state index in [1.165, 1.54) is 19.3 Å². The minimum absolute atomic E-state index is 0.0736. The summed E-state index contributed by atoms with van der Waals surface area (Å²) in [5.41, 5.74) is -0.152. The van der Waals surface area contributed by atoms with Crippen molar-refractivity contribution < 1.29 is 9.53 Å². The van der Waals surface area contributed by atoms with Crippen LogP contribution in [-0.2, 0) is 9.53 Å². The van der Waals surface area contributed by atoms with Crippen LogP contribution in [0.5, 0.6) is 0 Å². The minimum Gasteiger partial charge on any atom is -0.371 e. The van der Waals surface area contributed by atoms with Gasteiger partial charge in [-0.1, -0.05) is 26.2 Å². The second-order valence-corrected chi connectivity index (χ2v) is 6.06. The van der Waals surface area contributed by atoms with E-state index in [0.717, 1.165) is 19.3 Å². The summed E-state index contributed by atoms with van der Waals surface area (Å²) in [5.74, 6) is 0.462. The SMILES string of the molecule is CCC(C)(C)OC1CC(=O)C12CCCCC2. The molecule has 2 fully saturated rings. The average molecular weight is 224 g/mol. The molecule has 1 spiro atoms. The van der Waals surface area contributed by atoms with E-state index in [2.05, 4.69) is 20.8 Å². The number of hydrogen-bond acceptors (Lipinski definition) is 2. The quantitative estimate of drug-likeness (QED) is 0.733. The summed E-state index contributed by atoms with van der Waals surface area (Å²) >= 11 is 0. The number of hydrogen-bond donors (Lipinski definition) is 0. The van der Waals surface area contributed by atoms with E-state index in [4.69, 9.17) is 4.74 Å². The van der Waals surface area contributed by atoms with E-state index in [1.54, 1.807) is 0 Å². The lowest BCUT2D eigenvalue weighted by molar-refractivity contribution is -0.191. The van der Waals surface area contributed by atoms with Gasteiger partial charge < -0.3 is 4.74 Å². The van der Waals surface area contributed by atoms with Crippen LogP contribution in [0.15, 0.2) is 0 Å². The van der Waals surface area contributed by atoms with Gasteiger partial charge in [0.2, 0.25) is 0 Å². The highest BCUT2D eigenvalue weighted by molar-refractivity contribution is 5.92. The number of ketones is 1. The van der Waals surface area contributed by atoms with Crippen LogP contribution >= 0.6 is 0 Å². The molecule has 0 radical (unpaired) electrons. The molecule has 2 aliphatic rings. The van der Waals surface area contributed by atoms with Gasteiger partial charge in [-0.2, -0.15) is 0 Å². The van der Waals surface area contributed by atoms with Gasteiger partial charge in [0.1, 0.15) is 5.78 Å². The predicted octanol–water partition coefficient (Wildman–Crippen LogP) is 3.48. The molecule has 1 unspecified atom stereocenters. The fourth-order valence-corrected chi connectivity index (χ4v) is 3.02. The number of Topliss-reactive ketones (excluding diaryl/α,β-unsaturated/α-hetero) is 1. The third-order valence-electron chi connectivity index (χ3n) is 4.60. The van der Waals surface area contributed by atoms with E-state index < -0.39 is 0 Å². The van der Waals surface area contributed by atoms with Gasteiger partial charge >= 0.3 is 0 Å². The summed E-state index contributed by atoms with van der Waals surface area (Å²) in [4.78, 5) is 11.9. The van der Waals surface area contributed by atoms with Crippen LogP contribution in [0.1, 0.15) is 65.7 Å². The van der Waals surface area contributed by atoms with E-state index in [0.29, 0.717) is 12.2 Å². The fourth-order valence-electron chi connectivity index (χ4n) is 3.02. The van der Waals surface area contributed by atoms with E-state index in [9.17, 15) is 4.79 Å². The number of rotatable bonds is 3. The van der Waals surface area contributed by atoms with Crippen molar-refractivity contribution in [1.29, 1.82) is 0 Å². The molecule has 1 atom stereocenters. The maximum absolute atomic E-state index is 11.9. The Hall–Kier alpha value is -0.370. The maximum Gasteiger partial charge on any atom is 0.144 e. The Bertz CT molecular complexity index is 274. The highest BCUT2D eigenvalue weighted by Gasteiger charge is 2.56. The third-order valence-corrected chi connectivity index (χ3v) is 4.60. The lowest BCUT2D eigenvalue weighted by Gasteiger charge is -2.52. The minimum atomic E-state index is -0.0787. The van der Waals surface area contributed by atoms with Crippen molar-refractivity contribution in [3.05, 3.63) is 0 Å². The van der Waals surface area contributed by atoms with Gasteiger partial charge in [-0.15, -0.1) is 0 Å². The van der Waals surface area contributed by atoms with Crippen molar-refractivity contribution in [1.82, 2.24) is 0 Å². The topological polar surface area (TPSA) is 26.3 Å². The van der Waals surface area contributed by atoms with Crippen LogP contribution in [0.3, 0.4) is 0 Å². The molecule has 2 nitrogen and oxygen atoms in total. The van der Waals surface area contributed by atoms with Gasteiger partial charge in [-0.05, 0) is 33.1 Å². The number of carbonyl (C=O) groups excluding carboxylic acids is 1. The molecule has 16 heavy (non-hydrogen) atoms. The summed E-state index contributed by atoms with van der Waals surface area (Å²) in [6, 6.07) is 0. The Morgan fingerprint density at radius 2 is 1.94 bits per heavy atom. The van der Waals surface area contributed by atoms with E-state index in [1.807, 2.05) is 0 Å². The van der Waals surface area contributed by atoms with Crippen molar-refractivity contribution in [2.45, 2.75) is 77.4 Å². The zero-order valence-electron chi connectivity index (χ0n) is 10.8. The predicted molar refractivity (Wildman–Crippen MR) is 64.4 cm³/mol. The van der Waals surface area contributed by atoms with Crippen LogP contribution < -0.4 is 0 Å². The van der Waals surface area contributed by atoms with Crippen LogP contribution in [0.4, 0.5) is 0 Å². The normalized spacial score (nSPS) is 29.2. The van der Waals surface area contributed by atoms with Crippen molar-refractivity contribution in [3.8, 4) is 0 Å². The molecular weight excluding hydrogens is 200 g/mol. The second-order valence-electron chi connectivity index (χ2n) is 6.06. The molecule has 92 valence electrons. The smallest absolute Gasteiger partial charge is 0.144 e. The molecule has 2 saturated carbocycles. The zero-order chi connectivity index (χ0) is 11.8.